The summed E-state index contributed by atoms with van der Waals surface area (Å²) in [5.74, 6) is 0.262. The SMILES string of the molecule is CC[C@H](C)NC(=O)[C@@H](Cc1ccccc1)N(Cc1ccccc1Cl)C(=O)CN(c1ccc(Oc2ccccc2)cc1)S(C)(=O)=O. The highest BCUT2D eigenvalue weighted by Crippen LogP contribution is 2.27. The molecular formula is C35H38ClN3O5S. The molecule has 0 radical (unpaired) electrons. The van der Waals surface area contributed by atoms with Crippen LogP contribution in [0.4, 0.5) is 5.69 Å². The number of carbonyl (C=O) groups is 2. The number of carbonyl (C=O) groups excluding carboxylic acids is 2. The van der Waals surface area contributed by atoms with Gasteiger partial charge in [0.05, 0.1) is 11.9 Å². The normalized spacial score (nSPS) is 12.5. The number of ether oxygens (including phenoxy) is 1. The molecule has 1 N–H and O–H groups in total. The molecule has 4 aromatic rings. The maximum atomic E-state index is 14.3. The van der Waals surface area contributed by atoms with Gasteiger partial charge in [0, 0.05) is 24.0 Å². The minimum Gasteiger partial charge on any atom is -0.457 e. The van der Waals surface area contributed by atoms with E-state index in [4.69, 9.17) is 16.3 Å². The Balaban J connectivity index is 1.69. The van der Waals surface area contributed by atoms with Gasteiger partial charge < -0.3 is 15.0 Å². The van der Waals surface area contributed by atoms with E-state index >= 15 is 0 Å². The van der Waals surface area contributed by atoms with E-state index < -0.39 is 28.5 Å². The highest BCUT2D eigenvalue weighted by atomic mass is 35.5. The van der Waals surface area contributed by atoms with Crippen molar-refractivity contribution < 1.29 is 22.7 Å². The summed E-state index contributed by atoms with van der Waals surface area (Å²) in [7, 11) is -3.91. The summed E-state index contributed by atoms with van der Waals surface area (Å²) in [5, 5.41) is 3.45. The van der Waals surface area contributed by atoms with Crippen molar-refractivity contribution in [2.75, 3.05) is 17.1 Å². The van der Waals surface area contributed by atoms with Gasteiger partial charge in [0.2, 0.25) is 21.8 Å². The second-order valence-corrected chi connectivity index (χ2v) is 13.1. The third-order valence-electron chi connectivity index (χ3n) is 7.35. The molecule has 45 heavy (non-hydrogen) atoms. The Bertz CT molecular complexity index is 1670. The van der Waals surface area contributed by atoms with Crippen LogP contribution in [0.2, 0.25) is 5.02 Å². The minimum absolute atomic E-state index is 0.00535. The van der Waals surface area contributed by atoms with Crippen molar-refractivity contribution in [3.05, 3.63) is 125 Å². The maximum absolute atomic E-state index is 14.3. The highest BCUT2D eigenvalue weighted by Gasteiger charge is 2.33. The molecule has 0 unspecified atom stereocenters. The predicted molar refractivity (Wildman–Crippen MR) is 179 cm³/mol. The lowest BCUT2D eigenvalue weighted by molar-refractivity contribution is -0.140. The summed E-state index contributed by atoms with van der Waals surface area (Å²) < 4.78 is 33.0. The first-order valence-corrected chi connectivity index (χ1v) is 17.0. The van der Waals surface area contributed by atoms with Gasteiger partial charge in [0.1, 0.15) is 24.1 Å². The molecule has 0 fully saturated rings. The number of nitrogens with one attached hydrogen (secondary N) is 1. The first-order chi connectivity index (χ1) is 21.5. The van der Waals surface area contributed by atoms with Crippen LogP contribution in [-0.2, 0) is 32.6 Å². The van der Waals surface area contributed by atoms with E-state index in [1.54, 1.807) is 48.5 Å². The topological polar surface area (TPSA) is 96.0 Å². The summed E-state index contributed by atoms with van der Waals surface area (Å²) in [6, 6.07) is 31.1. The molecular weight excluding hydrogens is 610 g/mol. The van der Waals surface area contributed by atoms with E-state index in [0.717, 1.165) is 16.1 Å². The Hall–Kier alpha value is -4.34. The van der Waals surface area contributed by atoms with Crippen molar-refractivity contribution in [2.45, 2.75) is 45.3 Å². The average Bonchev–Trinajstić information content (AvgIpc) is 3.03. The third-order valence-corrected chi connectivity index (χ3v) is 8.86. The Morgan fingerprint density at radius 2 is 1.42 bits per heavy atom. The second kappa shape index (κ2) is 15.6. The van der Waals surface area contributed by atoms with Crippen molar-refractivity contribution in [1.29, 1.82) is 0 Å². The lowest BCUT2D eigenvalue weighted by atomic mass is 10.0. The van der Waals surface area contributed by atoms with E-state index in [0.29, 0.717) is 28.5 Å². The number of anilines is 1. The first kappa shape index (κ1) is 33.6. The number of hydrogen-bond acceptors (Lipinski definition) is 5. The van der Waals surface area contributed by atoms with Crippen molar-refractivity contribution in [3.63, 3.8) is 0 Å². The van der Waals surface area contributed by atoms with Gasteiger partial charge in [-0.3, -0.25) is 13.9 Å². The van der Waals surface area contributed by atoms with Crippen LogP contribution in [0.15, 0.2) is 109 Å². The Morgan fingerprint density at radius 1 is 0.844 bits per heavy atom. The number of hydrogen-bond donors (Lipinski definition) is 1. The fourth-order valence-corrected chi connectivity index (χ4v) is 5.77. The molecule has 4 rings (SSSR count). The zero-order valence-electron chi connectivity index (χ0n) is 25.6. The maximum Gasteiger partial charge on any atom is 0.244 e. The number of halogens is 1. The quantitative estimate of drug-likeness (QED) is 0.170. The van der Waals surface area contributed by atoms with Crippen molar-refractivity contribution >= 4 is 39.1 Å². The number of benzene rings is 4. The summed E-state index contributed by atoms with van der Waals surface area (Å²) in [5.41, 5.74) is 1.77. The minimum atomic E-state index is -3.91. The molecule has 0 saturated carbocycles. The van der Waals surface area contributed by atoms with Crippen LogP contribution in [0.25, 0.3) is 0 Å². The van der Waals surface area contributed by atoms with Gasteiger partial charge in [-0.2, -0.15) is 0 Å². The Labute approximate surface area is 270 Å². The van der Waals surface area contributed by atoms with E-state index in [1.165, 1.54) is 4.90 Å². The van der Waals surface area contributed by atoms with Gasteiger partial charge in [-0.05, 0) is 66.9 Å². The smallest absolute Gasteiger partial charge is 0.244 e. The predicted octanol–water partition coefficient (Wildman–Crippen LogP) is 6.45. The summed E-state index contributed by atoms with van der Waals surface area (Å²) in [6.45, 7) is 3.34. The summed E-state index contributed by atoms with van der Waals surface area (Å²) in [4.78, 5) is 29.5. The number of rotatable bonds is 14. The summed E-state index contributed by atoms with van der Waals surface area (Å²) in [6.07, 6.45) is 1.97. The average molecular weight is 648 g/mol. The van der Waals surface area contributed by atoms with Gasteiger partial charge in [-0.25, -0.2) is 8.42 Å². The van der Waals surface area contributed by atoms with Gasteiger partial charge in [0.25, 0.3) is 0 Å². The number of amides is 2. The van der Waals surface area contributed by atoms with Gasteiger partial charge in [0.15, 0.2) is 0 Å². The number of nitrogens with zero attached hydrogens (tertiary/aromatic N) is 2. The van der Waals surface area contributed by atoms with Crippen LogP contribution in [0.5, 0.6) is 11.5 Å². The molecule has 0 bridgehead atoms. The van der Waals surface area contributed by atoms with Crippen LogP contribution >= 0.6 is 11.6 Å². The highest BCUT2D eigenvalue weighted by molar-refractivity contribution is 7.92. The second-order valence-electron chi connectivity index (χ2n) is 10.8. The van der Waals surface area contributed by atoms with Crippen molar-refractivity contribution in [1.82, 2.24) is 10.2 Å². The van der Waals surface area contributed by atoms with Gasteiger partial charge in [-0.15, -0.1) is 0 Å². The molecule has 4 aromatic carbocycles. The van der Waals surface area contributed by atoms with Gasteiger partial charge >= 0.3 is 0 Å². The van der Waals surface area contributed by atoms with Crippen LogP contribution in [0, 0.1) is 0 Å². The lowest BCUT2D eigenvalue weighted by Crippen LogP contribution is -2.54. The molecule has 2 amide bonds. The largest absolute Gasteiger partial charge is 0.457 e. The number of para-hydroxylation sites is 1. The molecule has 0 aliphatic rings. The van der Waals surface area contributed by atoms with Crippen molar-refractivity contribution in [2.24, 2.45) is 0 Å². The number of sulfonamides is 1. The molecule has 0 heterocycles. The molecule has 8 nitrogen and oxygen atoms in total. The Morgan fingerprint density at radius 3 is 2.02 bits per heavy atom. The fraction of sp³-hybridized carbons (Fsp3) is 0.257. The van der Waals surface area contributed by atoms with E-state index in [-0.39, 0.29) is 30.6 Å². The van der Waals surface area contributed by atoms with Gasteiger partial charge in [-0.1, -0.05) is 85.3 Å². The zero-order chi connectivity index (χ0) is 32.4. The zero-order valence-corrected chi connectivity index (χ0v) is 27.2. The monoisotopic (exact) mass is 647 g/mol. The molecule has 0 aromatic heterocycles. The van der Waals surface area contributed by atoms with E-state index in [2.05, 4.69) is 5.32 Å². The fourth-order valence-electron chi connectivity index (χ4n) is 4.72. The van der Waals surface area contributed by atoms with Crippen LogP contribution in [0.3, 0.4) is 0 Å². The van der Waals surface area contributed by atoms with Crippen LogP contribution in [0.1, 0.15) is 31.4 Å². The van der Waals surface area contributed by atoms with Crippen LogP contribution in [-0.4, -0.2) is 50.0 Å². The molecule has 0 saturated heterocycles. The first-order valence-electron chi connectivity index (χ1n) is 14.7. The molecule has 0 aliphatic heterocycles. The molecule has 236 valence electrons. The lowest BCUT2D eigenvalue weighted by Gasteiger charge is -2.34. The summed E-state index contributed by atoms with van der Waals surface area (Å²) >= 11 is 6.51. The molecule has 0 spiro atoms. The van der Waals surface area contributed by atoms with E-state index in [9.17, 15) is 18.0 Å². The van der Waals surface area contributed by atoms with E-state index in [1.807, 2.05) is 74.5 Å². The Kier molecular flexibility index (Phi) is 11.6. The van der Waals surface area contributed by atoms with Crippen molar-refractivity contribution in [3.8, 4) is 11.5 Å². The van der Waals surface area contributed by atoms with Crippen LogP contribution < -0.4 is 14.4 Å². The standard InChI is InChI=1S/C35H38ClN3O5S/c1-4-26(2)37-35(41)33(23-27-13-7-5-8-14-27)38(24-28-15-11-12-18-32(28)36)34(40)25-39(45(3,42)43)29-19-21-31(22-20-29)44-30-16-9-6-10-17-30/h5-22,26,33H,4,23-25H2,1-3H3,(H,37,41)/t26-,33+/m0/s1. The third kappa shape index (κ3) is 9.57. The molecule has 0 aliphatic carbocycles. The molecule has 10 heteroatoms. The molecule has 2 atom stereocenters.